The van der Waals surface area contributed by atoms with Crippen LogP contribution < -0.4 is 16.0 Å². The molecule has 1 saturated heterocycles. The molecule has 1 aromatic heterocycles. The number of carbonyl (C=O) groups excluding carboxylic acids is 1. The van der Waals surface area contributed by atoms with E-state index in [9.17, 15) is 9.18 Å². The first kappa shape index (κ1) is 14.3. The van der Waals surface area contributed by atoms with E-state index in [1.807, 2.05) is 5.41 Å². The van der Waals surface area contributed by atoms with Crippen molar-refractivity contribution >= 4 is 17.7 Å². The summed E-state index contributed by atoms with van der Waals surface area (Å²) >= 11 is 1.62. The minimum absolute atomic E-state index is 0.0820. The molecule has 2 aliphatic rings. The molecule has 0 radical (unpaired) electrons. The maximum absolute atomic E-state index is 13.4. The Labute approximate surface area is 126 Å². The molecule has 0 aliphatic carbocycles. The summed E-state index contributed by atoms with van der Waals surface area (Å²) in [6, 6.07) is 2.86. The predicted molar refractivity (Wildman–Crippen MR) is 79.6 cm³/mol. The largest absolute Gasteiger partial charge is 0.368 e. The minimum Gasteiger partial charge on any atom is -0.368 e. The maximum atomic E-state index is 13.4. The highest BCUT2D eigenvalue weighted by atomic mass is 32.2. The Morgan fingerprint density at radius 1 is 1.62 bits per heavy atom. The number of hydrogen-bond donors (Lipinski definition) is 3. The van der Waals surface area contributed by atoms with E-state index in [0.29, 0.717) is 5.70 Å². The van der Waals surface area contributed by atoms with Crippen LogP contribution in [0.4, 0.5) is 4.39 Å². The zero-order valence-corrected chi connectivity index (χ0v) is 12.5. The average molecular weight is 308 g/mol. The topological polar surface area (TPSA) is 66.0 Å². The fourth-order valence-electron chi connectivity index (χ4n) is 2.32. The van der Waals surface area contributed by atoms with Gasteiger partial charge < -0.3 is 16.0 Å². The van der Waals surface area contributed by atoms with Crippen LogP contribution in [0.5, 0.6) is 0 Å². The summed E-state index contributed by atoms with van der Waals surface area (Å²) in [5.74, 6) is -0.641. The third-order valence-electron chi connectivity index (χ3n) is 3.79. The van der Waals surface area contributed by atoms with E-state index in [0.717, 1.165) is 13.1 Å². The Morgan fingerprint density at radius 3 is 3.10 bits per heavy atom. The van der Waals surface area contributed by atoms with E-state index in [1.165, 1.54) is 18.3 Å². The third kappa shape index (κ3) is 2.89. The number of halogens is 1. The Balaban J connectivity index is 1.54. The lowest BCUT2D eigenvalue weighted by molar-refractivity contribution is -0.118. The van der Waals surface area contributed by atoms with Crippen LogP contribution in [-0.2, 0) is 11.3 Å². The second-order valence-electron chi connectivity index (χ2n) is 5.56. The highest BCUT2D eigenvalue weighted by Gasteiger charge is 2.42. The lowest BCUT2D eigenvalue weighted by atomic mass is 9.83. The molecule has 1 atom stereocenters. The van der Waals surface area contributed by atoms with E-state index >= 15 is 0 Å². The second-order valence-corrected chi connectivity index (χ2v) is 6.54. The molecular weight excluding hydrogens is 291 g/mol. The first-order chi connectivity index (χ1) is 10.1. The number of amides is 1. The molecule has 21 heavy (non-hydrogen) atoms. The number of nitrogens with zero attached hydrogens (tertiary/aromatic N) is 1. The van der Waals surface area contributed by atoms with Crippen molar-refractivity contribution in [2.75, 3.05) is 13.1 Å². The lowest BCUT2D eigenvalue weighted by Gasteiger charge is -2.43. The molecule has 1 amide bonds. The lowest BCUT2D eigenvalue weighted by Crippen LogP contribution is -2.60. The Bertz CT molecular complexity index is 588. The normalized spacial score (nSPS) is 23.0. The number of hydrogen-bond acceptors (Lipinski definition) is 5. The van der Waals surface area contributed by atoms with Crippen molar-refractivity contribution in [2.24, 2.45) is 5.41 Å². The van der Waals surface area contributed by atoms with Gasteiger partial charge in [0.25, 0.3) is 5.91 Å². The van der Waals surface area contributed by atoms with Crippen LogP contribution in [0.1, 0.15) is 12.6 Å². The molecule has 112 valence electrons. The van der Waals surface area contributed by atoms with Crippen LogP contribution in [0, 0.1) is 11.2 Å². The predicted octanol–water partition coefficient (Wildman–Crippen LogP) is 0.950. The highest BCUT2D eigenvalue weighted by Crippen LogP contribution is 2.37. The smallest absolute Gasteiger partial charge is 0.268 e. The van der Waals surface area contributed by atoms with Gasteiger partial charge in [-0.05, 0) is 12.1 Å². The Kier molecular flexibility index (Phi) is 3.86. The second kappa shape index (κ2) is 5.65. The summed E-state index contributed by atoms with van der Waals surface area (Å²) in [6.07, 6.45) is 1.51. The summed E-state index contributed by atoms with van der Waals surface area (Å²) < 4.78 is 13.4. The van der Waals surface area contributed by atoms with Gasteiger partial charge >= 0.3 is 0 Å². The molecule has 7 heteroatoms. The van der Waals surface area contributed by atoms with Crippen molar-refractivity contribution in [1.82, 2.24) is 20.9 Å². The van der Waals surface area contributed by atoms with Crippen molar-refractivity contribution in [2.45, 2.75) is 18.8 Å². The molecule has 5 nitrogen and oxygen atoms in total. The summed E-state index contributed by atoms with van der Waals surface area (Å²) in [6.45, 7) is 4.16. The monoisotopic (exact) mass is 308 g/mol. The van der Waals surface area contributed by atoms with Gasteiger partial charge in [0.1, 0.15) is 11.5 Å². The molecule has 1 unspecified atom stereocenters. The molecule has 0 aromatic carbocycles. The number of carbonyl (C=O) groups is 1. The van der Waals surface area contributed by atoms with Crippen LogP contribution in [-0.4, -0.2) is 29.4 Å². The molecule has 1 fully saturated rings. The maximum Gasteiger partial charge on any atom is 0.268 e. The zero-order valence-electron chi connectivity index (χ0n) is 11.6. The molecule has 0 saturated carbocycles. The third-order valence-corrected chi connectivity index (χ3v) is 5.13. The SMILES string of the molecule is CC1(C2NC(C(=O)NCc3ncccc3F)=CS2)CNC1. The fourth-order valence-corrected chi connectivity index (χ4v) is 3.45. The molecule has 3 N–H and O–H groups in total. The number of rotatable bonds is 4. The molecule has 0 spiro atoms. The van der Waals surface area contributed by atoms with Gasteiger partial charge in [-0.25, -0.2) is 4.39 Å². The molecule has 0 bridgehead atoms. The van der Waals surface area contributed by atoms with E-state index in [2.05, 4.69) is 27.9 Å². The fraction of sp³-hybridized carbons (Fsp3) is 0.429. The van der Waals surface area contributed by atoms with Crippen molar-refractivity contribution in [1.29, 1.82) is 0 Å². The number of pyridine rings is 1. The quantitative estimate of drug-likeness (QED) is 0.773. The van der Waals surface area contributed by atoms with Gasteiger partial charge in [-0.15, -0.1) is 11.8 Å². The van der Waals surface area contributed by atoms with Crippen LogP contribution in [0.25, 0.3) is 0 Å². The van der Waals surface area contributed by atoms with Gasteiger partial charge in [-0.1, -0.05) is 6.92 Å². The van der Waals surface area contributed by atoms with Crippen LogP contribution >= 0.6 is 11.8 Å². The van der Waals surface area contributed by atoms with Gasteiger partial charge in [0.15, 0.2) is 0 Å². The standard InChI is InChI=1S/C14H17FN4OS/c1-14(7-16-8-14)13-19-11(6-21-13)12(20)18-5-10-9(15)3-2-4-17-10/h2-4,6,13,16,19H,5,7-8H2,1H3,(H,18,20). The zero-order chi connectivity index (χ0) is 14.9. The van der Waals surface area contributed by atoms with Gasteiger partial charge in [0.2, 0.25) is 0 Å². The summed E-state index contributed by atoms with van der Waals surface area (Å²) in [5, 5.41) is 11.2. The van der Waals surface area contributed by atoms with Crippen molar-refractivity contribution in [3.8, 4) is 0 Å². The van der Waals surface area contributed by atoms with Gasteiger partial charge in [0.05, 0.1) is 17.6 Å². The van der Waals surface area contributed by atoms with E-state index in [1.54, 1.807) is 11.8 Å². The van der Waals surface area contributed by atoms with E-state index in [-0.39, 0.29) is 28.9 Å². The van der Waals surface area contributed by atoms with Crippen LogP contribution in [0.2, 0.25) is 0 Å². The van der Waals surface area contributed by atoms with Crippen LogP contribution in [0.3, 0.4) is 0 Å². The summed E-state index contributed by atoms with van der Waals surface area (Å²) in [7, 11) is 0. The van der Waals surface area contributed by atoms with Gasteiger partial charge in [0, 0.05) is 30.1 Å². The Morgan fingerprint density at radius 2 is 2.43 bits per heavy atom. The highest BCUT2D eigenvalue weighted by molar-refractivity contribution is 8.03. The molecule has 3 rings (SSSR count). The van der Waals surface area contributed by atoms with Crippen molar-refractivity contribution in [3.63, 3.8) is 0 Å². The number of aromatic nitrogens is 1. The van der Waals surface area contributed by atoms with Crippen molar-refractivity contribution in [3.05, 3.63) is 40.9 Å². The first-order valence-corrected chi connectivity index (χ1v) is 7.73. The van der Waals surface area contributed by atoms with E-state index in [4.69, 9.17) is 0 Å². The van der Waals surface area contributed by atoms with Crippen LogP contribution in [0.15, 0.2) is 29.4 Å². The minimum atomic E-state index is -0.411. The Hall–Kier alpha value is -1.60. The molecule has 3 heterocycles. The molecular formula is C14H17FN4OS. The summed E-state index contributed by atoms with van der Waals surface area (Å²) in [5.41, 5.74) is 0.939. The van der Waals surface area contributed by atoms with E-state index < -0.39 is 5.82 Å². The average Bonchev–Trinajstić information content (AvgIpc) is 2.94. The summed E-state index contributed by atoms with van der Waals surface area (Å²) in [4.78, 5) is 16.0. The molecule has 1 aromatic rings. The van der Waals surface area contributed by atoms with Crippen molar-refractivity contribution < 1.29 is 9.18 Å². The number of thioether (sulfide) groups is 1. The number of nitrogens with one attached hydrogen (secondary N) is 3. The first-order valence-electron chi connectivity index (χ1n) is 6.79. The van der Waals surface area contributed by atoms with Gasteiger partial charge in [-0.2, -0.15) is 0 Å². The van der Waals surface area contributed by atoms with Gasteiger partial charge in [-0.3, -0.25) is 9.78 Å². The molecule has 2 aliphatic heterocycles.